The van der Waals surface area contributed by atoms with Crippen LogP contribution in [0.2, 0.25) is 0 Å². The van der Waals surface area contributed by atoms with Crippen LogP contribution in [0.15, 0.2) is 66.4 Å². The maximum absolute atomic E-state index is 14.2. The van der Waals surface area contributed by atoms with Gasteiger partial charge in [0.1, 0.15) is 11.5 Å². The highest BCUT2D eigenvalue weighted by atomic mass is 16.3. The number of carbonyl (C=O) groups excluding carboxylic acids is 3. The van der Waals surface area contributed by atoms with E-state index in [1.54, 1.807) is 32.9 Å². The summed E-state index contributed by atoms with van der Waals surface area (Å²) >= 11 is 0. The Balaban J connectivity index is 1.66. The number of nitrogens with one attached hydrogen (secondary N) is 2. The quantitative estimate of drug-likeness (QED) is 0.290. The standard InChI is InChI=1S/C32H38N2O6/c1-17-8-7-10-22-29(38)31(4,40)19(3)27-24(15-20-16-33-23-11-6-5-9-21(20)23)34-30(39)32(22,27)26(36)13-12-25(35)28(37)18(2)14-17/h5-7,9-14,16-17,19,22,24,27-29,33,37-38,40H,8,15H2,1-4H3,(H,34,39)/b10-7+,13-12+,18-14-/t17-,19-,22-,24-,27-,28+,29-,31-,32+/m0/s1. The van der Waals surface area contributed by atoms with Gasteiger partial charge in [-0.15, -0.1) is 0 Å². The second-order valence-corrected chi connectivity index (χ2v) is 12.1. The zero-order valence-corrected chi connectivity index (χ0v) is 23.3. The van der Waals surface area contributed by atoms with E-state index in [9.17, 15) is 29.7 Å². The van der Waals surface area contributed by atoms with Gasteiger partial charge in [0.2, 0.25) is 5.91 Å². The monoisotopic (exact) mass is 546 g/mol. The summed E-state index contributed by atoms with van der Waals surface area (Å²) in [4.78, 5) is 44.3. The Hall–Kier alpha value is -3.33. The van der Waals surface area contributed by atoms with Gasteiger partial charge in [-0.2, -0.15) is 0 Å². The number of rotatable bonds is 2. The van der Waals surface area contributed by atoms with E-state index in [1.165, 1.54) is 0 Å². The lowest BCUT2D eigenvalue weighted by Gasteiger charge is -2.54. The molecule has 0 bridgehead atoms. The molecule has 5 rings (SSSR count). The number of fused-ring (bicyclic) bond motifs is 1. The molecule has 2 aliphatic carbocycles. The van der Waals surface area contributed by atoms with Gasteiger partial charge >= 0.3 is 0 Å². The number of aliphatic hydroxyl groups excluding tert-OH is 2. The van der Waals surface area contributed by atoms with Gasteiger partial charge in [-0.1, -0.05) is 50.3 Å². The Bertz CT molecular complexity index is 1430. The van der Waals surface area contributed by atoms with Gasteiger partial charge in [-0.05, 0) is 67.9 Å². The molecular weight excluding hydrogens is 508 g/mol. The minimum absolute atomic E-state index is 0.0573. The molecule has 2 aromatic rings. The van der Waals surface area contributed by atoms with Crippen LogP contribution in [-0.2, 0) is 20.8 Å². The van der Waals surface area contributed by atoms with Crippen molar-refractivity contribution in [3.8, 4) is 0 Å². The van der Waals surface area contributed by atoms with E-state index in [-0.39, 0.29) is 5.92 Å². The largest absolute Gasteiger partial charge is 0.389 e. The van der Waals surface area contributed by atoms with Crippen molar-refractivity contribution < 1.29 is 29.7 Å². The van der Waals surface area contributed by atoms with Crippen LogP contribution >= 0.6 is 0 Å². The minimum Gasteiger partial charge on any atom is -0.389 e. The van der Waals surface area contributed by atoms with Crippen LogP contribution in [0, 0.1) is 29.1 Å². The number of carbonyl (C=O) groups is 3. The lowest BCUT2D eigenvalue weighted by Crippen LogP contribution is -2.67. The average Bonchev–Trinajstić information content (AvgIpc) is 3.45. The van der Waals surface area contributed by atoms with Crippen molar-refractivity contribution in [1.29, 1.82) is 0 Å². The Kier molecular flexibility index (Phi) is 7.23. The molecule has 1 aromatic carbocycles. The van der Waals surface area contributed by atoms with Gasteiger partial charge in [-0.3, -0.25) is 14.4 Å². The normalized spacial score (nSPS) is 41.5. The second kappa shape index (κ2) is 10.3. The van der Waals surface area contributed by atoms with Gasteiger partial charge in [0, 0.05) is 35.0 Å². The average molecular weight is 547 g/mol. The molecule has 3 aliphatic rings. The number of aromatic nitrogens is 1. The molecule has 0 unspecified atom stereocenters. The molecule has 1 saturated heterocycles. The number of amides is 1. The molecule has 1 amide bonds. The van der Waals surface area contributed by atoms with Crippen molar-refractivity contribution in [2.24, 2.45) is 29.1 Å². The van der Waals surface area contributed by atoms with Crippen LogP contribution < -0.4 is 5.32 Å². The molecule has 9 atom stereocenters. The SMILES string of the molecule is C/C1=C/[C@@H](C)C/C=C/[C@H]2[C@H](O)[C@@](C)(O)[C@@H](C)[C@H]3[C@H](Cc4c[nH]c5ccccc45)NC(=O)[C@]32C(=O)/C=C/C(=O)[C@@H]1O. The molecule has 8 nitrogen and oxygen atoms in total. The molecule has 1 aromatic heterocycles. The summed E-state index contributed by atoms with van der Waals surface area (Å²) in [5.74, 6) is -4.25. The first kappa shape index (κ1) is 28.2. The van der Waals surface area contributed by atoms with Crippen molar-refractivity contribution in [3.05, 3.63) is 72.0 Å². The lowest BCUT2D eigenvalue weighted by atomic mass is 9.49. The van der Waals surface area contributed by atoms with E-state index < -0.39 is 64.5 Å². The van der Waals surface area contributed by atoms with Crippen molar-refractivity contribution in [3.63, 3.8) is 0 Å². The topological polar surface area (TPSA) is 140 Å². The molecule has 2 fully saturated rings. The van der Waals surface area contributed by atoms with Crippen LogP contribution in [0.25, 0.3) is 10.9 Å². The highest BCUT2D eigenvalue weighted by Crippen LogP contribution is 2.58. The Morgan fingerprint density at radius 2 is 1.80 bits per heavy atom. The fraction of sp³-hybridized carbons (Fsp3) is 0.469. The first-order valence-electron chi connectivity index (χ1n) is 14.0. The summed E-state index contributed by atoms with van der Waals surface area (Å²) < 4.78 is 0. The van der Waals surface area contributed by atoms with Crippen LogP contribution in [0.3, 0.4) is 0 Å². The number of hydrogen-bond donors (Lipinski definition) is 5. The van der Waals surface area contributed by atoms with Gasteiger partial charge in [0.05, 0.1) is 11.7 Å². The van der Waals surface area contributed by atoms with Gasteiger partial charge in [-0.25, -0.2) is 0 Å². The van der Waals surface area contributed by atoms with E-state index >= 15 is 0 Å². The molecule has 1 saturated carbocycles. The van der Waals surface area contributed by atoms with E-state index in [2.05, 4.69) is 10.3 Å². The van der Waals surface area contributed by atoms with Gasteiger partial charge < -0.3 is 25.6 Å². The zero-order chi connectivity index (χ0) is 29.0. The molecule has 1 aliphatic heterocycles. The summed E-state index contributed by atoms with van der Waals surface area (Å²) in [6.07, 6.45) is 7.38. The summed E-state index contributed by atoms with van der Waals surface area (Å²) in [5, 5.41) is 37.8. The number of benzene rings is 1. The molecule has 1 spiro atoms. The molecule has 212 valence electrons. The maximum Gasteiger partial charge on any atom is 0.235 e. The molecular formula is C32H38N2O6. The Labute approximate surface area is 233 Å². The summed E-state index contributed by atoms with van der Waals surface area (Å²) in [7, 11) is 0. The third-order valence-corrected chi connectivity index (χ3v) is 9.60. The van der Waals surface area contributed by atoms with Crippen molar-refractivity contribution in [2.45, 2.75) is 64.4 Å². The smallest absolute Gasteiger partial charge is 0.235 e. The zero-order valence-electron chi connectivity index (χ0n) is 23.3. The summed E-state index contributed by atoms with van der Waals surface area (Å²) in [5.41, 5.74) is -0.961. The number of aromatic amines is 1. The van der Waals surface area contributed by atoms with Crippen molar-refractivity contribution >= 4 is 28.4 Å². The van der Waals surface area contributed by atoms with Crippen LogP contribution in [0.1, 0.15) is 39.7 Å². The summed E-state index contributed by atoms with van der Waals surface area (Å²) in [6.45, 7) is 6.91. The molecule has 40 heavy (non-hydrogen) atoms. The molecule has 2 heterocycles. The van der Waals surface area contributed by atoms with E-state index in [0.29, 0.717) is 18.4 Å². The third kappa shape index (κ3) is 4.29. The maximum atomic E-state index is 14.2. The van der Waals surface area contributed by atoms with Gasteiger partial charge in [0.25, 0.3) is 0 Å². The lowest BCUT2D eigenvalue weighted by molar-refractivity contribution is -0.197. The van der Waals surface area contributed by atoms with E-state index in [1.807, 2.05) is 43.5 Å². The van der Waals surface area contributed by atoms with Crippen LogP contribution in [-0.4, -0.2) is 61.6 Å². The van der Waals surface area contributed by atoms with Crippen molar-refractivity contribution in [1.82, 2.24) is 10.3 Å². The van der Waals surface area contributed by atoms with Crippen LogP contribution in [0.4, 0.5) is 0 Å². The second-order valence-electron chi connectivity index (χ2n) is 12.1. The predicted molar refractivity (Wildman–Crippen MR) is 151 cm³/mol. The highest BCUT2D eigenvalue weighted by molar-refractivity contribution is 6.15. The Morgan fingerprint density at radius 3 is 2.55 bits per heavy atom. The number of aliphatic hydroxyl groups is 3. The number of allylic oxidation sites excluding steroid dienone is 3. The number of ketones is 2. The molecule has 8 heteroatoms. The minimum atomic E-state index is -1.75. The number of H-pyrrole nitrogens is 1. The summed E-state index contributed by atoms with van der Waals surface area (Å²) in [6, 6.07) is 7.30. The first-order chi connectivity index (χ1) is 18.9. The number of hydrogen-bond acceptors (Lipinski definition) is 6. The first-order valence-corrected chi connectivity index (χ1v) is 14.0. The molecule has 0 radical (unpaired) electrons. The Morgan fingerprint density at radius 1 is 1.07 bits per heavy atom. The van der Waals surface area contributed by atoms with E-state index in [4.69, 9.17) is 0 Å². The highest BCUT2D eigenvalue weighted by Gasteiger charge is 2.71. The predicted octanol–water partition coefficient (Wildman–Crippen LogP) is 2.79. The number of para-hydroxylation sites is 1. The van der Waals surface area contributed by atoms with Crippen LogP contribution in [0.5, 0.6) is 0 Å². The van der Waals surface area contributed by atoms with Crippen molar-refractivity contribution in [2.75, 3.05) is 0 Å². The fourth-order valence-corrected chi connectivity index (χ4v) is 7.28. The van der Waals surface area contributed by atoms with E-state index in [0.717, 1.165) is 28.6 Å². The fourth-order valence-electron chi connectivity index (χ4n) is 7.28. The van der Waals surface area contributed by atoms with Gasteiger partial charge in [0.15, 0.2) is 11.6 Å². The third-order valence-electron chi connectivity index (χ3n) is 9.60. The molecule has 5 N–H and O–H groups in total.